The van der Waals surface area contributed by atoms with Gasteiger partial charge in [0.2, 0.25) is 29.5 Å². The molecule has 4 bridgehead atoms. The zero-order valence-corrected chi connectivity index (χ0v) is 45.1. The van der Waals surface area contributed by atoms with Crippen molar-refractivity contribution < 1.29 is 77.4 Å². The van der Waals surface area contributed by atoms with Gasteiger partial charge in [-0.3, -0.25) is 43.9 Å². The van der Waals surface area contributed by atoms with E-state index >= 15 is 0 Å². The first-order chi connectivity index (χ1) is 35.1. The van der Waals surface area contributed by atoms with E-state index in [1.807, 2.05) is 6.92 Å². The summed E-state index contributed by atoms with van der Waals surface area (Å²) in [4.78, 5) is 110. The maximum absolute atomic E-state index is 14.3. The van der Waals surface area contributed by atoms with E-state index in [0.29, 0.717) is 23.2 Å². The number of thioether (sulfide) groups is 2. The summed E-state index contributed by atoms with van der Waals surface area (Å²) in [5.74, 6) is -4.68. The number of amides is 7. The van der Waals surface area contributed by atoms with Gasteiger partial charge < -0.3 is 48.8 Å². The van der Waals surface area contributed by atoms with Gasteiger partial charge in [-0.15, -0.1) is 0 Å². The molecule has 408 valence electrons. The predicted molar refractivity (Wildman–Crippen MR) is 273 cm³/mol. The highest BCUT2D eigenvalue weighted by Gasteiger charge is 2.64. The molecule has 0 aliphatic carbocycles. The first kappa shape index (κ1) is 58.7. The van der Waals surface area contributed by atoms with Gasteiger partial charge in [-0.1, -0.05) is 60.2 Å². The number of alkyl carbamates (subject to hydrolysis) is 1. The number of rotatable bonds is 18. The summed E-state index contributed by atoms with van der Waals surface area (Å²) in [5, 5.41) is 34.2. The minimum Gasteiger partial charge on any atom is -0.457 e. The summed E-state index contributed by atoms with van der Waals surface area (Å²) in [6.07, 6.45) is 3.02. The highest BCUT2D eigenvalue weighted by molar-refractivity contribution is 8.13. The molecule has 5 aliphatic rings. The van der Waals surface area contributed by atoms with Crippen molar-refractivity contribution in [2.24, 2.45) is 17.8 Å². The number of nitrogens with one attached hydrogen (secondary N) is 1. The number of ether oxygens (including phenoxy) is 5. The van der Waals surface area contributed by atoms with Gasteiger partial charge >= 0.3 is 12.1 Å². The van der Waals surface area contributed by atoms with Crippen molar-refractivity contribution in [1.29, 1.82) is 0 Å². The molecule has 24 heteroatoms. The van der Waals surface area contributed by atoms with Gasteiger partial charge in [-0.05, 0) is 57.1 Å². The number of halogens is 1. The summed E-state index contributed by atoms with van der Waals surface area (Å²) >= 11 is 8.96. The number of allylic oxidation sites excluding steroid dienone is 3. The molecule has 10 atom stereocenters. The molecule has 21 nitrogen and oxygen atoms in total. The topological polar surface area (TPSA) is 272 Å². The average molecular weight is 1090 g/mol. The minimum atomic E-state index is -1.92. The van der Waals surface area contributed by atoms with Crippen LogP contribution in [0.25, 0.3) is 0 Å². The Morgan fingerprint density at radius 3 is 2.28 bits per heavy atom. The number of hydrogen-bond acceptors (Lipinski definition) is 18. The van der Waals surface area contributed by atoms with Crippen molar-refractivity contribution in [2.45, 2.75) is 114 Å². The van der Waals surface area contributed by atoms with Crippen molar-refractivity contribution in [3.8, 4) is 0 Å². The molecule has 7 amide bonds. The van der Waals surface area contributed by atoms with E-state index in [1.165, 1.54) is 47.5 Å². The van der Waals surface area contributed by atoms with Crippen LogP contribution >= 0.6 is 35.1 Å². The van der Waals surface area contributed by atoms with Crippen LogP contribution < -0.4 is 10.2 Å². The molecule has 0 saturated carbocycles. The number of epoxide rings is 1. The fourth-order valence-electron chi connectivity index (χ4n) is 9.56. The molecule has 74 heavy (non-hydrogen) atoms. The third-order valence-corrected chi connectivity index (χ3v) is 16.8. The summed E-state index contributed by atoms with van der Waals surface area (Å²) in [6, 6.07) is 2.25. The summed E-state index contributed by atoms with van der Waals surface area (Å²) < 4.78 is 29.1. The first-order valence-corrected chi connectivity index (χ1v) is 27.2. The number of likely N-dealkylation sites (tertiary alicyclic amines) is 2. The van der Waals surface area contributed by atoms with Crippen LogP contribution in [0.4, 0.5) is 15.3 Å². The lowest BCUT2D eigenvalue weighted by molar-refractivity contribution is -0.158. The van der Waals surface area contributed by atoms with Gasteiger partial charge in [0.05, 0.1) is 81.2 Å². The fraction of sp³-hybridized carbons (Fsp3) is 0.640. The van der Waals surface area contributed by atoms with Crippen LogP contribution in [-0.4, -0.2) is 190 Å². The van der Waals surface area contributed by atoms with E-state index in [4.69, 9.17) is 35.3 Å². The molecule has 1 aromatic rings. The number of nitrogens with zero attached hydrogens (tertiary/aromatic N) is 4. The second-order valence-electron chi connectivity index (χ2n) is 19.5. The van der Waals surface area contributed by atoms with Crippen LogP contribution in [0, 0.1) is 17.8 Å². The number of esters is 1. The van der Waals surface area contributed by atoms with Crippen molar-refractivity contribution in [3.63, 3.8) is 0 Å². The number of carbonyl (C=O) groups is 8. The van der Waals surface area contributed by atoms with Gasteiger partial charge in [-0.2, -0.15) is 11.8 Å². The quantitative estimate of drug-likeness (QED) is 0.0711. The molecule has 0 spiro atoms. The fourth-order valence-corrected chi connectivity index (χ4v) is 11.4. The third kappa shape index (κ3) is 13.7. The number of likely N-dealkylation sites (N-methyl/N-ethyl adjacent to an activating group) is 1. The lowest BCUT2D eigenvalue weighted by Gasteiger charge is -2.42. The normalized spacial score (nSPS) is 30.1. The Morgan fingerprint density at radius 2 is 1.65 bits per heavy atom. The van der Waals surface area contributed by atoms with E-state index in [-0.39, 0.29) is 105 Å². The molecule has 5 aliphatic heterocycles. The van der Waals surface area contributed by atoms with E-state index < -0.39 is 96.3 Å². The zero-order valence-electron chi connectivity index (χ0n) is 42.7. The van der Waals surface area contributed by atoms with Crippen LogP contribution in [0.15, 0.2) is 35.9 Å². The molecule has 2 unspecified atom stereocenters. The van der Waals surface area contributed by atoms with Crippen LogP contribution in [0.2, 0.25) is 5.02 Å². The molecule has 4 fully saturated rings. The molecular formula is C50H68ClN5O16S2. The molecule has 0 aromatic heterocycles. The molecule has 4 N–H and O–H groups in total. The van der Waals surface area contributed by atoms with Crippen molar-refractivity contribution in [3.05, 3.63) is 52.1 Å². The lowest BCUT2D eigenvalue weighted by atomic mass is 9.81. The molecule has 4 saturated heterocycles. The largest absolute Gasteiger partial charge is 0.457 e. The Morgan fingerprint density at radius 1 is 0.986 bits per heavy atom. The SMILES string of the molecule is CSC1CC(=O)N(CCOCCOCCN2C(=O)CC(CCSC(=O)N(C)[C@H](C)C(=O)O[C@H]3CC(=O)N(C)c4cc(cc(CO)c4Cl)C/C(C)=C/C=C/[C@@H](CO)[C@@]4(O)C[C@H](OC(=O)N4)[C@@H](C)[C@@H]4O[C@@]34C)C2=O)C1=O. The number of anilines is 1. The Kier molecular flexibility index (Phi) is 20.2. The number of carbonyl (C=O) groups excluding carboxylic acids is 8. The Hall–Kier alpha value is -4.59. The Balaban J connectivity index is 1.06. The highest BCUT2D eigenvalue weighted by Crippen LogP contribution is 2.49. The Labute approximate surface area is 443 Å². The predicted octanol–water partition coefficient (Wildman–Crippen LogP) is 3.21. The van der Waals surface area contributed by atoms with E-state index in [0.717, 1.165) is 22.2 Å². The Bertz CT molecular complexity index is 2380. The lowest BCUT2D eigenvalue weighted by Crippen LogP contribution is -2.62. The summed E-state index contributed by atoms with van der Waals surface area (Å²) in [6.45, 7) is 6.50. The van der Waals surface area contributed by atoms with Crippen molar-refractivity contribution >= 4 is 87.6 Å². The number of imide groups is 2. The second kappa shape index (κ2) is 25.5. The van der Waals surface area contributed by atoms with E-state index in [2.05, 4.69) is 5.32 Å². The van der Waals surface area contributed by atoms with Crippen LogP contribution in [0.5, 0.6) is 0 Å². The average Bonchev–Trinajstić information content (AvgIpc) is 3.88. The molecular weight excluding hydrogens is 1030 g/mol. The number of fused-ring (bicyclic) bond motifs is 5. The maximum Gasteiger partial charge on any atom is 0.409 e. The smallest absolute Gasteiger partial charge is 0.409 e. The maximum atomic E-state index is 14.3. The molecule has 0 radical (unpaired) electrons. The molecule has 6 rings (SSSR count). The number of aliphatic hydroxyl groups excluding tert-OH is 2. The molecule has 1 aromatic carbocycles. The standard InChI is InChI=1S/C50H68ClN5O16S2/c1-28-9-8-10-34(27-58)50(67)25-36(70-47(65)52-50)29(2)43-49(4,72-43)38(24-39(59)54(6)35-21-31(19-28)20-33(26-57)42(35)51)71-46(64)30(3)53(5)48(66)74-18-11-32-22-40(60)55(44(32)62)12-14-68-16-17-69-15-13-56-41(61)23-37(73-7)45(56)63/h8-10,20-21,29-30,32,34,36-38,43,57-58,67H,11-19,22-27H2,1-7H3,(H,52,65)/b10-8+,28-9+/t29-,30-,32?,34+,36+,37?,38+,43+,49+,50+/m1/s1. The van der Waals surface area contributed by atoms with E-state index in [9.17, 15) is 53.7 Å². The van der Waals surface area contributed by atoms with Gasteiger partial charge in [0.25, 0.3) is 5.24 Å². The van der Waals surface area contributed by atoms with E-state index in [1.54, 1.807) is 50.5 Å². The third-order valence-electron chi connectivity index (χ3n) is 14.4. The first-order valence-electron chi connectivity index (χ1n) is 24.6. The van der Waals surface area contributed by atoms with Crippen LogP contribution in [-0.2, 0) is 65.5 Å². The second-order valence-corrected chi connectivity index (χ2v) is 21.9. The highest BCUT2D eigenvalue weighted by atomic mass is 35.5. The molecule has 5 heterocycles. The minimum absolute atomic E-state index is 0.0307. The van der Waals surface area contributed by atoms with Gasteiger partial charge in [0.15, 0.2) is 5.72 Å². The van der Waals surface area contributed by atoms with Crippen molar-refractivity contribution in [1.82, 2.24) is 20.0 Å². The number of aliphatic hydroxyl groups is 3. The van der Waals surface area contributed by atoms with Crippen LogP contribution in [0.1, 0.15) is 70.9 Å². The van der Waals surface area contributed by atoms with Gasteiger partial charge in [-0.25, -0.2) is 9.59 Å². The number of hydrogen-bond donors (Lipinski definition) is 4. The summed E-state index contributed by atoms with van der Waals surface area (Å²) in [5.41, 5.74) is -1.06. The van der Waals surface area contributed by atoms with Gasteiger partial charge in [0, 0.05) is 56.9 Å². The number of benzene rings is 1. The summed E-state index contributed by atoms with van der Waals surface area (Å²) in [7, 11) is 2.91. The zero-order chi connectivity index (χ0) is 54.2. The monoisotopic (exact) mass is 1090 g/mol. The van der Waals surface area contributed by atoms with Gasteiger partial charge in [0.1, 0.15) is 23.9 Å². The van der Waals surface area contributed by atoms with Crippen LogP contribution in [0.3, 0.4) is 0 Å². The van der Waals surface area contributed by atoms with Crippen molar-refractivity contribution in [2.75, 3.05) is 77.1 Å².